The zero-order chi connectivity index (χ0) is 36.1. The largest absolute Gasteiger partial charge is 0.208 e. The monoisotopic (exact) mass is 689 g/mol. The second-order valence-corrected chi connectivity index (χ2v) is 13.2. The maximum Gasteiger partial charge on any atom is 0.164 e. The third-order valence-electron chi connectivity index (χ3n) is 9.82. The van der Waals surface area contributed by atoms with E-state index in [2.05, 4.69) is 200 Å². The molecule has 0 fully saturated rings. The normalized spacial score (nSPS) is 11.0. The van der Waals surface area contributed by atoms with E-state index < -0.39 is 0 Å². The van der Waals surface area contributed by atoms with Crippen molar-refractivity contribution in [1.29, 1.82) is 0 Å². The van der Waals surface area contributed by atoms with Crippen LogP contribution in [0.5, 0.6) is 0 Å². The Bertz CT molecular complexity index is 2650. The Morgan fingerprint density at radius 1 is 0.167 bits per heavy atom. The van der Waals surface area contributed by atoms with Gasteiger partial charge < -0.3 is 0 Å². The Morgan fingerprint density at radius 3 is 0.833 bits per heavy atom. The van der Waals surface area contributed by atoms with Crippen LogP contribution in [0.15, 0.2) is 212 Å². The van der Waals surface area contributed by atoms with Crippen LogP contribution in [0.1, 0.15) is 0 Å². The van der Waals surface area contributed by atoms with Crippen LogP contribution < -0.4 is 0 Å². The molecule has 0 unspecified atom stereocenters. The van der Waals surface area contributed by atoms with E-state index in [1.807, 2.05) is 12.1 Å². The lowest BCUT2D eigenvalue weighted by atomic mass is 9.91. The van der Waals surface area contributed by atoms with E-state index in [1.54, 1.807) is 0 Å². The second kappa shape index (κ2) is 14.8. The van der Waals surface area contributed by atoms with Crippen molar-refractivity contribution in [2.24, 2.45) is 0 Å². The topological polar surface area (TPSA) is 38.7 Å². The molecular weight excluding hydrogens is 655 g/mol. The van der Waals surface area contributed by atoms with Gasteiger partial charge in [-0.1, -0.05) is 212 Å². The van der Waals surface area contributed by atoms with Gasteiger partial charge in [0.15, 0.2) is 17.5 Å². The molecule has 0 atom stereocenters. The SMILES string of the molecule is c1ccc(-c2ccc(-c3ccc(-c4nc(-c5ccc(-c6ccccc6)cc5)nc(-c5ccccc5-c5ccccc5-c5ccccc5)n4)cc3)cc2)cc1. The molecule has 0 radical (unpaired) electrons. The molecule has 9 rings (SSSR count). The fourth-order valence-electron chi connectivity index (χ4n) is 6.99. The molecule has 0 aliphatic rings. The molecule has 3 heteroatoms. The molecule has 3 nitrogen and oxygen atoms in total. The zero-order valence-electron chi connectivity index (χ0n) is 29.5. The summed E-state index contributed by atoms with van der Waals surface area (Å²) in [7, 11) is 0. The molecule has 0 aliphatic heterocycles. The summed E-state index contributed by atoms with van der Waals surface area (Å²) in [6.07, 6.45) is 0. The molecule has 1 heterocycles. The molecule has 254 valence electrons. The van der Waals surface area contributed by atoms with Gasteiger partial charge in [-0.2, -0.15) is 0 Å². The minimum Gasteiger partial charge on any atom is -0.208 e. The summed E-state index contributed by atoms with van der Waals surface area (Å²) in [6.45, 7) is 0. The van der Waals surface area contributed by atoms with Crippen molar-refractivity contribution in [2.75, 3.05) is 0 Å². The standard InChI is InChI=1S/C51H35N3/c1-4-14-36(15-5-1)38-24-26-40(27-25-38)41-30-34-44(35-31-41)50-52-49(43-32-28-39(29-33-43)37-16-6-2-7-17-37)53-51(54-50)48-23-13-12-22-47(48)46-21-11-10-20-45(46)42-18-8-3-9-19-42/h1-35H. The van der Waals surface area contributed by atoms with Crippen molar-refractivity contribution in [3.63, 3.8) is 0 Å². The van der Waals surface area contributed by atoms with Crippen LogP contribution in [-0.4, -0.2) is 15.0 Å². The highest BCUT2D eigenvalue weighted by atomic mass is 15.0. The Hall–Kier alpha value is -7.23. The van der Waals surface area contributed by atoms with Crippen LogP contribution in [-0.2, 0) is 0 Å². The van der Waals surface area contributed by atoms with Crippen LogP contribution in [0.3, 0.4) is 0 Å². The highest BCUT2D eigenvalue weighted by Gasteiger charge is 2.18. The predicted molar refractivity (Wildman–Crippen MR) is 223 cm³/mol. The molecular formula is C51H35N3. The molecule has 0 spiro atoms. The third kappa shape index (κ3) is 6.74. The Kier molecular flexibility index (Phi) is 8.94. The van der Waals surface area contributed by atoms with Gasteiger partial charge in [0, 0.05) is 16.7 Å². The summed E-state index contributed by atoms with van der Waals surface area (Å²) in [5.74, 6) is 1.88. The quantitative estimate of drug-likeness (QED) is 0.159. The molecule has 8 aromatic carbocycles. The van der Waals surface area contributed by atoms with Gasteiger partial charge in [-0.25, -0.2) is 15.0 Å². The van der Waals surface area contributed by atoms with Gasteiger partial charge in [0.05, 0.1) is 0 Å². The van der Waals surface area contributed by atoms with E-state index in [0.29, 0.717) is 17.5 Å². The van der Waals surface area contributed by atoms with E-state index in [-0.39, 0.29) is 0 Å². The van der Waals surface area contributed by atoms with Gasteiger partial charge in [-0.05, 0) is 55.6 Å². The zero-order valence-corrected chi connectivity index (χ0v) is 29.5. The van der Waals surface area contributed by atoms with Crippen molar-refractivity contribution in [3.05, 3.63) is 212 Å². The Labute approximate surface area is 316 Å². The van der Waals surface area contributed by atoms with Gasteiger partial charge >= 0.3 is 0 Å². The van der Waals surface area contributed by atoms with Gasteiger partial charge in [-0.15, -0.1) is 0 Å². The molecule has 0 N–H and O–H groups in total. The molecule has 0 bridgehead atoms. The van der Waals surface area contributed by atoms with Crippen LogP contribution in [0, 0.1) is 0 Å². The molecule has 54 heavy (non-hydrogen) atoms. The maximum absolute atomic E-state index is 5.18. The van der Waals surface area contributed by atoms with E-state index in [1.165, 1.54) is 16.7 Å². The summed E-state index contributed by atoms with van der Waals surface area (Å²) < 4.78 is 0. The van der Waals surface area contributed by atoms with Gasteiger partial charge in [0.1, 0.15) is 0 Å². The predicted octanol–water partition coefficient (Wildman–Crippen LogP) is 13.2. The minimum atomic E-state index is 0.624. The number of hydrogen-bond donors (Lipinski definition) is 0. The summed E-state index contributed by atoms with van der Waals surface area (Å²) in [6, 6.07) is 74.0. The lowest BCUT2D eigenvalue weighted by Gasteiger charge is -2.15. The summed E-state index contributed by atoms with van der Waals surface area (Å²) in [5, 5.41) is 0. The van der Waals surface area contributed by atoms with E-state index in [9.17, 15) is 0 Å². The van der Waals surface area contributed by atoms with E-state index in [4.69, 9.17) is 15.0 Å². The van der Waals surface area contributed by atoms with Crippen molar-refractivity contribution in [2.45, 2.75) is 0 Å². The first-order valence-electron chi connectivity index (χ1n) is 18.2. The van der Waals surface area contributed by atoms with Gasteiger partial charge in [0.2, 0.25) is 0 Å². The Morgan fingerprint density at radius 2 is 0.426 bits per heavy atom. The first-order chi connectivity index (χ1) is 26.8. The van der Waals surface area contributed by atoms with Gasteiger partial charge in [-0.3, -0.25) is 0 Å². The molecule has 9 aromatic rings. The summed E-state index contributed by atoms with van der Waals surface area (Å²) in [5.41, 5.74) is 14.3. The fraction of sp³-hybridized carbons (Fsp3) is 0. The smallest absolute Gasteiger partial charge is 0.164 e. The lowest BCUT2D eigenvalue weighted by molar-refractivity contribution is 1.07. The average Bonchev–Trinajstić information content (AvgIpc) is 3.27. The fourth-order valence-corrected chi connectivity index (χ4v) is 6.99. The second-order valence-electron chi connectivity index (χ2n) is 13.2. The number of rotatable bonds is 8. The van der Waals surface area contributed by atoms with Gasteiger partial charge in [0.25, 0.3) is 0 Å². The van der Waals surface area contributed by atoms with Crippen LogP contribution >= 0.6 is 0 Å². The van der Waals surface area contributed by atoms with Crippen molar-refractivity contribution in [3.8, 4) is 89.8 Å². The van der Waals surface area contributed by atoms with Crippen LogP contribution in [0.4, 0.5) is 0 Å². The summed E-state index contributed by atoms with van der Waals surface area (Å²) in [4.78, 5) is 15.4. The highest BCUT2D eigenvalue weighted by molar-refractivity contribution is 5.90. The Balaban J connectivity index is 1.13. The van der Waals surface area contributed by atoms with E-state index in [0.717, 1.165) is 55.6 Å². The average molecular weight is 690 g/mol. The number of hydrogen-bond acceptors (Lipinski definition) is 3. The molecule has 1 aromatic heterocycles. The first kappa shape index (κ1) is 32.7. The van der Waals surface area contributed by atoms with Crippen LogP contribution in [0.25, 0.3) is 89.8 Å². The first-order valence-corrected chi connectivity index (χ1v) is 18.2. The number of benzene rings is 8. The number of nitrogens with zero attached hydrogens (tertiary/aromatic N) is 3. The minimum absolute atomic E-state index is 0.624. The number of aromatic nitrogens is 3. The van der Waals surface area contributed by atoms with Crippen LogP contribution in [0.2, 0.25) is 0 Å². The van der Waals surface area contributed by atoms with Crippen molar-refractivity contribution < 1.29 is 0 Å². The third-order valence-corrected chi connectivity index (χ3v) is 9.82. The molecule has 0 aliphatic carbocycles. The van der Waals surface area contributed by atoms with E-state index >= 15 is 0 Å². The molecule has 0 saturated heterocycles. The lowest BCUT2D eigenvalue weighted by Crippen LogP contribution is -2.01. The van der Waals surface area contributed by atoms with Crippen molar-refractivity contribution >= 4 is 0 Å². The highest BCUT2D eigenvalue weighted by Crippen LogP contribution is 2.38. The maximum atomic E-state index is 5.18. The summed E-state index contributed by atoms with van der Waals surface area (Å²) >= 11 is 0. The molecule has 0 amide bonds. The molecule has 0 saturated carbocycles. The van der Waals surface area contributed by atoms with Crippen molar-refractivity contribution in [1.82, 2.24) is 15.0 Å².